The topological polar surface area (TPSA) is 62.7 Å². The first-order valence-corrected chi connectivity index (χ1v) is 7.61. The second-order valence-electron chi connectivity index (χ2n) is 4.65. The molecule has 0 aliphatic rings. The first-order valence-electron chi connectivity index (χ1n) is 6.63. The van der Waals surface area contributed by atoms with Crippen LogP contribution in [-0.2, 0) is 0 Å². The summed E-state index contributed by atoms with van der Waals surface area (Å²) < 4.78 is 1.71. The maximum atomic E-state index is 11.6. The molecule has 0 aliphatic heterocycles. The van der Waals surface area contributed by atoms with E-state index in [1.54, 1.807) is 16.3 Å². The van der Waals surface area contributed by atoms with Crippen LogP contribution in [0.1, 0.15) is 46.6 Å². The molecule has 6 heteroatoms. The number of aromatic nitrogens is 3. The summed E-state index contributed by atoms with van der Waals surface area (Å²) in [5.74, 6) is 0.938. The number of thioether (sulfide) groups is 1. The number of rotatable bonds is 8. The Bertz CT molecular complexity index is 399. The van der Waals surface area contributed by atoms with Gasteiger partial charge in [0.1, 0.15) is 0 Å². The zero-order chi connectivity index (χ0) is 13.5. The van der Waals surface area contributed by atoms with E-state index in [1.807, 2.05) is 13.8 Å². The lowest BCUT2D eigenvalue weighted by Crippen LogP contribution is -2.31. The van der Waals surface area contributed by atoms with Gasteiger partial charge < -0.3 is 5.32 Å². The van der Waals surface area contributed by atoms with Crippen LogP contribution in [0.5, 0.6) is 0 Å². The number of H-pyrrole nitrogens is 1. The highest BCUT2D eigenvalue weighted by molar-refractivity contribution is 7.99. The highest BCUT2D eigenvalue weighted by atomic mass is 32.2. The lowest BCUT2D eigenvalue weighted by Gasteiger charge is -2.16. The van der Waals surface area contributed by atoms with Crippen LogP contribution in [0.15, 0.2) is 9.95 Å². The largest absolute Gasteiger partial charge is 0.344 e. The maximum Gasteiger partial charge on any atom is 0.344 e. The number of aromatic amines is 1. The van der Waals surface area contributed by atoms with Crippen molar-refractivity contribution < 1.29 is 0 Å². The molecule has 0 aliphatic carbocycles. The molecule has 1 aromatic heterocycles. The van der Waals surface area contributed by atoms with Gasteiger partial charge in [-0.05, 0) is 33.2 Å². The summed E-state index contributed by atoms with van der Waals surface area (Å²) in [7, 11) is 0. The minimum atomic E-state index is -0.123. The average molecular weight is 272 g/mol. The molecule has 18 heavy (non-hydrogen) atoms. The maximum absolute atomic E-state index is 11.6. The highest BCUT2D eigenvalue weighted by Crippen LogP contribution is 2.18. The van der Waals surface area contributed by atoms with Crippen molar-refractivity contribution >= 4 is 11.8 Å². The zero-order valence-corrected chi connectivity index (χ0v) is 12.5. The molecular formula is C12H24N4OS. The molecule has 1 aromatic rings. The van der Waals surface area contributed by atoms with Gasteiger partial charge in [-0.3, -0.25) is 4.57 Å². The van der Waals surface area contributed by atoms with Crippen LogP contribution < -0.4 is 11.0 Å². The van der Waals surface area contributed by atoms with Gasteiger partial charge in [0.15, 0.2) is 5.16 Å². The van der Waals surface area contributed by atoms with E-state index < -0.39 is 0 Å². The third-order valence-corrected chi connectivity index (χ3v) is 3.89. The van der Waals surface area contributed by atoms with Gasteiger partial charge >= 0.3 is 5.69 Å². The van der Waals surface area contributed by atoms with Crippen LogP contribution in [0.2, 0.25) is 0 Å². The Hall–Kier alpha value is -0.750. The molecule has 0 saturated carbocycles. The lowest BCUT2D eigenvalue weighted by atomic mass is 10.2. The fourth-order valence-corrected chi connectivity index (χ4v) is 2.94. The highest BCUT2D eigenvalue weighted by Gasteiger charge is 2.13. The Morgan fingerprint density at radius 1 is 1.44 bits per heavy atom. The Morgan fingerprint density at radius 3 is 2.72 bits per heavy atom. The van der Waals surface area contributed by atoms with Crippen molar-refractivity contribution in [2.45, 2.75) is 57.8 Å². The van der Waals surface area contributed by atoms with Crippen molar-refractivity contribution in [2.24, 2.45) is 0 Å². The molecule has 1 atom stereocenters. The Morgan fingerprint density at radius 2 is 2.17 bits per heavy atom. The standard InChI is InChI=1S/C12H24N4OS/c1-5-7-13-10(6-2)8-18-12-15-14-11(17)16(12)9(3)4/h9-10,13H,5-8H2,1-4H3,(H,14,17). The van der Waals surface area contributed by atoms with Gasteiger partial charge in [0.25, 0.3) is 0 Å². The van der Waals surface area contributed by atoms with Crippen molar-refractivity contribution in [2.75, 3.05) is 12.3 Å². The Kier molecular flexibility index (Phi) is 6.49. The first-order chi connectivity index (χ1) is 8.60. The van der Waals surface area contributed by atoms with E-state index in [0.717, 1.165) is 30.3 Å². The van der Waals surface area contributed by atoms with E-state index in [1.165, 1.54) is 0 Å². The van der Waals surface area contributed by atoms with E-state index in [4.69, 9.17) is 0 Å². The number of hydrogen-bond acceptors (Lipinski definition) is 4. The first kappa shape index (κ1) is 15.3. The summed E-state index contributed by atoms with van der Waals surface area (Å²) >= 11 is 1.64. The van der Waals surface area contributed by atoms with Gasteiger partial charge in [-0.2, -0.15) is 0 Å². The Labute approximate surface area is 113 Å². The van der Waals surface area contributed by atoms with E-state index in [2.05, 4.69) is 29.4 Å². The molecule has 0 radical (unpaired) electrons. The molecule has 1 unspecified atom stereocenters. The summed E-state index contributed by atoms with van der Waals surface area (Å²) in [6, 6.07) is 0.616. The zero-order valence-electron chi connectivity index (χ0n) is 11.7. The van der Waals surface area contributed by atoms with Gasteiger partial charge in [-0.25, -0.2) is 9.89 Å². The second-order valence-corrected chi connectivity index (χ2v) is 5.63. The quantitative estimate of drug-likeness (QED) is 0.711. The molecule has 5 nitrogen and oxygen atoms in total. The van der Waals surface area contributed by atoms with Gasteiger partial charge in [0.2, 0.25) is 0 Å². The summed E-state index contributed by atoms with van der Waals surface area (Å²) in [4.78, 5) is 11.6. The predicted molar refractivity (Wildman–Crippen MR) is 76.3 cm³/mol. The van der Waals surface area contributed by atoms with Crippen molar-refractivity contribution in [3.63, 3.8) is 0 Å². The second kappa shape index (κ2) is 7.63. The molecule has 0 fully saturated rings. The number of nitrogens with one attached hydrogen (secondary N) is 2. The van der Waals surface area contributed by atoms with Crippen LogP contribution in [0.3, 0.4) is 0 Å². The van der Waals surface area contributed by atoms with Gasteiger partial charge in [-0.15, -0.1) is 5.10 Å². The van der Waals surface area contributed by atoms with Crippen LogP contribution >= 0.6 is 11.8 Å². The van der Waals surface area contributed by atoms with E-state index in [-0.39, 0.29) is 11.7 Å². The lowest BCUT2D eigenvalue weighted by molar-refractivity contribution is 0.526. The monoisotopic (exact) mass is 272 g/mol. The molecule has 0 bridgehead atoms. The smallest absolute Gasteiger partial charge is 0.313 e. The fraction of sp³-hybridized carbons (Fsp3) is 0.833. The van der Waals surface area contributed by atoms with E-state index in [0.29, 0.717) is 6.04 Å². The molecule has 1 rings (SSSR count). The predicted octanol–water partition coefficient (Wildman–Crippen LogP) is 2.02. The van der Waals surface area contributed by atoms with Crippen LogP contribution in [0.4, 0.5) is 0 Å². The van der Waals surface area contributed by atoms with Crippen LogP contribution in [-0.4, -0.2) is 33.1 Å². The Balaban J connectivity index is 2.59. The number of nitrogens with zero attached hydrogens (tertiary/aromatic N) is 2. The molecule has 1 heterocycles. The molecule has 2 N–H and O–H groups in total. The third kappa shape index (κ3) is 4.17. The minimum Gasteiger partial charge on any atom is -0.313 e. The molecule has 0 amide bonds. The van der Waals surface area contributed by atoms with Crippen molar-refractivity contribution in [3.05, 3.63) is 10.5 Å². The molecule has 0 saturated heterocycles. The summed E-state index contributed by atoms with van der Waals surface area (Å²) in [5, 5.41) is 10.9. The normalized spacial score (nSPS) is 13.2. The summed E-state index contributed by atoms with van der Waals surface area (Å²) in [6.07, 6.45) is 2.23. The fourth-order valence-electron chi connectivity index (χ4n) is 1.69. The molecular weight excluding hydrogens is 248 g/mol. The summed E-state index contributed by atoms with van der Waals surface area (Å²) in [5.41, 5.74) is -0.123. The van der Waals surface area contributed by atoms with Crippen LogP contribution in [0, 0.1) is 0 Å². The minimum absolute atomic E-state index is 0.123. The summed E-state index contributed by atoms with van der Waals surface area (Å²) in [6.45, 7) is 9.36. The van der Waals surface area contributed by atoms with Gasteiger partial charge in [0, 0.05) is 17.8 Å². The van der Waals surface area contributed by atoms with Gasteiger partial charge in [-0.1, -0.05) is 25.6 Å². The van der Waals surface area contributed by atoms with Crippen molar-refractivity contribution in [1.29, 1.82) is 0 Å². The third-order valence-electron chi connectivity index (χ3n) is 2.78. The van der Waals surface area contributed by atoms with Crippen molar-refractivity contribution in [1.82, 2.24) is 20.1 Å². The van der Waals surface area contributed by atoms with E-state index >= 15 is 0 Å². The molecule has 0 spiro atoms. The SMILES string of the molecule is CCCNC(CC)CSc1n[nH]c(=O)n1C(C)C. The van der Waals surface area contributed by atoms with E-state index in [9.17, 15) is 4.79 Å². The average Bonchev–Trinajstić information content (AvgIpc) is 2.71. The number of hydrogen-bond donors (Lipinski definition) is 2. The van der Waals surface area contributed by atoms with Gasteiger partial charge in [0.05, 0.1) is 0 Å². The van der Waals surface area contributed by atoms with Crippen LogP contribution in [0.25, 0.3) is 0 Å². The van der Waals surface area contributed by atoms with Crippen molar-refractivity contribution in [3.8, 4) is 0 Å². The molecule has 0 aromatic carbocycles. The molecule has 104 valence electrons.